The summed E-state index contributed by atoms with van der Waals surface area (Å²) < 4.78 is 26.7. The molecular weight excluding hydrogens is 312 g/mol. The molecule has 0 amide bonds. The van der Waals surface area contributed by atoms with E-state index in [0.717, 1.165) is 6.07 Å². The molecule has 1 aromatic rings. The summed E-state index contributed by atoms with van der Waals surface area (Å²) in [4.78, 5) is 10.2. The molecule has 0 aliphatic heterocycles. The predicted octanol–water partition coefficient (Wildman–Crippen LogP) is 2.71. The Kier molecular flexibility index (Phi) is 5.77. The Balaban J connectivity index is 2.79. The number of sulfonamides is 1. The average Bonchev–Trinajstić information content (AvgIpc) is 2.33. The Morgan fingerprint density at radius 1 is 1.33 bits per heavy atom. The number of rotatable bonds is 6. The van der Waals surface area contributed by atoms with Crippen LogP contribution in [0.1, 0.15) is 26.3 Å². The second kappa shape index (κ2) is 6.76. The first-order chi connectivity index (χ1) is 9.53. The maximum atomic E-state index is 12.1. The third kappa shape index (κ3) is 5.64. The Morgan fingerprint density at radius 3 is 2.48 bits per heavy atom. The van der Waals surface area contributed by atoms with Gasteiger partial charge < -0.3 is 0 Å². The van der Waals surface area contributed by atoms with Crippen LogP contribution in [-0.2, 0) is 10.0 Å². The zero-order valence-corrected chi connectivity index (χ0v) is 14.2. The van der Waals surface area contributed by atoms with Crippen LogP contribution < -0.4 is 4.72 Å². The number of nitro benzene ring substituents is 1. The van der Waals surface area contributed by atoms with Crippen molar-refractivity contribution in [3.63, 3.8) is 0 Å². The van der Waals surface area contributed by atoms with E-state index < -0.39 is 14.9 Å². The van der Waals surface area contributed by atoms with Crippen LogP contribution in [0.15, 0.2) is 23.1 Å². The van der Waals surface area contributed by atoms with E-state index in [1.54, 1.807) is 18.7 Å². The van der Waals surface area contributed by atoms with E-state index in [0.29, 0.717) is 11.3 Å². The van der Waals surface area contributed by atoms with Gasteiger partial charge in [-0.3, -0.25) is 10.1 Å². The predicted molar refractivity (Wildman–Crippen MR) is 85.2 cm³/mol. The molecule has 0 heterocycles. The normalized spacial score (nSPS) is 12.4. The third-order valence-electron chi connectivity index (χ3n) is 2.62. The zero-order chi connectivity index (χ0) is 16.3. The van der Waals surface area contributed by atoms with Crippen molar-refractivity contribution >= 4 is 27.5 Å². The number of hydrogen-bond donors (Lipinski definition) is 1. The van der Waals surface area contributed by atoms with Gasteiger partial charge in [0.2, 0.25) is 10.0 Å². The molecule has 118 valence electrons. The molecule has 0 aromatic heterocycles. The van der Waals surface area contributed by atoms with Crippen LogP contribution in [0.2, 0.25) is 0 Å². The lowest BCUT2D eigenvalue weighted by atomic mass is 10.2. The summed E-state index contributed by atoms with van der Waals surface area (Å²) in [5.41, 5.74) is 0.240. The SMILES string of the molecule is Cc1ccc(S(=O)(=O)NCCSC(C)(C)C)cc1[N+](=O)[O-]. The highest BCUT2D eigenvalue weighted by Crippen LogP contribution is 2.23. The molecular formula is C13H20N2O4S2. The smallest absolute Gasteiger partial charge is 0.258 e. The second-order valence-electron chi connectivity index (χ2n) is 5.56. The fraction of sp³-hybridized carbons (Fsp3) is 0.538. The van der Waals surface area contributed by atoms with Crippen LogP contribution in [0.4, 0.5) is 5.69 Å². The first-order valence-electron chi connectivity index (χ1n) is 6.41. The molecule has 0 saturated heterocycles. The summed E-state index contributed by atoms with van der Waals surface area (Å²) in [6.07, 6.45) is 0. The zero-order valence-electron chi connectivity index (χ0n) is 12.5. The fourth-order valence-corrected chi connectivity index (χ4v) is 3.57. The second-order valence-corrected chi connectivity index (χ2v) is 9.25. The van der Waals surface area contributed by atoms with Crippen molar-refractivity contribution < 1.29 is 13.3 Å². The number of nitro groups is 1. The first-order valence-corrected chi connectivity index (χ1v) is 8.88. The summed E-state index contributed by atoms with van der Waals surface area (Å²) in [7, 11) is -3.72. The molecule has 0 bridgehead atoms. The molecule has 0 radical (unpaired) electrons. The van der Waals surface area contributed by atoms with Gasteiger partial charge in [0, 0.05) is 28.7 Å². The molecule has 6 nitrogen and oxygen atoms in total. The van der Waals surface area contributed by atoms with E-state index in [9.17, 15) is 18.5 Å². The number of thioether (sulfide) groups is 1. The highest BCUT2D eigenvalue weighted by Gasteiger charge is 2.19. The number of nitrogens with one attached hydrogen (secondary N) is 1. The van der Waals surface area contributed by atoms with Gasteiger partial charge in [-0.2, -0.15) is 11.8 Å². The van der Waals surface area contributed by atoms with Crippen LogP contribution in [0, 0.1) is 17.0 Å². The van der Waals surface area contributed by atoms with Gasteiger partial charge >= 0.3 is 0 Å². The largest absolute Gasteiger partial charge is 0.273 e. The van der Waals surface area contributed by atoms with Gasteiger partial charge in [0.1, 0.15) is 0 Å². The monoisotopic (exact) mass is 332 g/mol. The van der Waals surface area contributed by atoms with Gasteiger partial charge in [-0.15, -0.1) is 0 Å². The summed E-state index contributed by atoms with van der Waals surface area (Å²) in [5.74, 6) is 0.636. The molecule has 0 unspecified atom stereocenters. The van der Waals surface area contributed by atoms with Crippen molar-refractivity contribution in [2.45, 2.75) is 37.3 Å². The molecule has 0 spiro atoms. The van der Waals surface area contributed by atoms with Gasteiger partial charge in [-0.1, -0.05) is 26.8 Å². The molecule has 0 saturated carbocycles. The van der Waals surface area contributed by atoms with Gasteiger partial charge in [-0.05, 0) is 13.0 Å². The minimum Gasteiger partial charge on any atom is -0.258 e. The fourth-order valence-electron chi connectivity index (χ4n) is 1.57. The first kappa shape index (κ1) is 17.9. The standard InChI is InChI=1S/C13H20N2O4S2/c1-10-5-6-11(9-12(10)15(16)17)21(18,19)14-7-8-20-13(2,3)4/h5-6,9,14H,7-8H2,1-4H3. The Labute approximate surface area is 129 Å². The lowest BCUT2D eigenvalue weighted by molar-refractivity contribution is -0.385. The molecule has 0 fully saturated rings. The van der Waals surface area contributed by atoms with Gasteiger partial charge in [0.25, 0.3) is 5.69 Å². The van der Waals surface area contributed by atoms with E-state index in [-0.39, 0.29) is 21.9 Å². The van der Waals surface area contributed by atoms with E-state index in [4.69, 9.17) is 0 Å². The molecule has 1 aromatic carbocycles. The van der Waals surface area contributed by atoms with Gasteiger partial charge in [0.15, 0.2) is 0 Å². The van der Waals surface area contributed by atoms with Crippen LogP contribution in [0.3, 0.4) is 0 Å². The average molecular weight is 332 g/mol. The van der Waals surface area contributed by atoms with Crippen molar-refractivity contribution in [1.29, 1.82) is 0 Å². The van der Waals surface area contributed by atoms with Gasteiger partial charge in [0.05, 0.1) is 9.82 Å². The molecule has 0 aliphatic rings. The Bertz CT molecular complexity index is 622. The highest BCUT2D eigenvalue weighted by atomic mass is 32.2. The van der Waals surface area contributed by atoms with Crippen molar-refractivity contribution in [2.24, 2.45) is 0 Å². The maximum absolute atomic E-state index is 12.1. The van der Waals surface area contributed by atoms with Crippen LogP contribution in [0.5, 0.6) is 0 Å². The molecule has 1 rings (SSSR count). The number of benzene rings is 1. The summed E-state index contributed by atoms with van der Waals surface area (Å²) in [5, 5.41) is 10.9. The summed E-state index contributed by atoms with van der Waals surface area (Å²) in [6.45, 7) is 8.01. The van der Waals surface area contributed by atoms with Crippen molar-refractivity contribution in [2.75, 3.05) is 12.3 Å². The molecule has 21 heavy (non-hydrogen) atoms. The maximum Gasteiger partial charge on any atom is 0.273 e. The van der Waals surface area contributed by atoms with Crippen LogP contribution in [-0.4, -0.2) is 30.4 Å². The van der Waals surface area contributed by atoms with Crippen LogP contribution in [0.25, 0.3) is 0 Å². The molecule has 0 aliphatic carbocycles. The Morgan fingerprint density at radius 2 is 1.95 bits per heavy atom. The highest BCUT2D eigenvalue weighted by molar-refractivity contribution is 8.00. The van der Waals surface area contributed by atoms with E-state index in [1.807, 2.05) is 0 Å². The number of aryl methyl sites for hydroxylation is 1. The van der Waals surface area contributed by atoms with Crippen molar-refractivity contribution in [3.8, 4) is 0 Å². The minimum atomic E-state index is -3.72. The van der Waals surface area contributed by atoms with E-state index in [2.05, 4.69) is 25.5 Å². The van der Waals surface area contributed by atoms with E-state index in [1.165, 1.54) is 12.1 Å². The summed E-state index contributed by atoms with van der Waals surface area (Å²) >= 11 is 1.64. The summed E-state index contributed by atoms with van der Waals surface area (Å²) in [6, 6.07) is 3.91. The third-order valence-corrected chi connectivity index (χ3v) is 5.35. The topological polar surface area (TPSA) is 89.3 Å². The van der Waals surface area contributed by atoms with Gasteiger partial charge in [-0.25, -0.2) is 13.1 Å². The molecule has 1 N–H and O–H groups in total. The number of hydrogen-bond acceptors (Lipinski definition) is 5. The molecule has 0 atom stereocenters. The lowest BCUT2D eigenvalue weighted by Gasteiger charge is -2.17. The quantitative estimate of drug-likeness (QED) is 0.491. The lowest BCUT2D eigenvalue weighted by Crippen LogP contribution is -2.27. The minimum absolute atomic E-state index is 0.0636. The Hall–Kier alpha value is -1.12. The van der Waals surface area contributed by atoms with Crippen molar-refractivity contribution in [3.05, 3.63) is 33.9 Å². The molecule has 8 heteroatoms. The van der Waals surface area contributed by atoms with Crippen LogP contribution >= 0.6 is 11.8 Å². The number of nitrogens with zero attached hydrogens (tertiary/aromatic N) is 1. The van der Waals surface area contributed by atoms with Crippen molar-refractivity contribution in [1.82, 2.24) is 4.72 Å². The van der Waals surface area contributed by atoms with E-state index >= 15 is 0 Å².